The summed E-state index contributed by atoms with van der Waals surface area (Å²) in [5.41, 5.74) is 0. The fourth-order valence-electron chi connectivity index (χ4n) is 0. The molecule has 0 fully saturated rings. The largest absolute Gasteiger partial charge is 1.00 e. The van der Waals surface area contributed by atoms with E-state index in [0.717, 1.165) is 7.11 Å². The molecule has 0 atom stereocenters. The molecule has 0 aromatic heterocycles. The van der Waals surface area contributed by atoms with Crippen molar-refractivity contribution in [2.45, 2.75) is 0 Å². The predicted octanol–water partition coefficient (Wildman–Crippen LogP) is -4.40. The fourth-order valence-corrected chi connectivity index (χ4v) is 0. The van der Waals surface area contributed by atoms with Gasteiger partial charge in [-0.2, -0.15) is 0 Å². The van der Waals surface area contributed by atoms with Crippen LogP contribution in [0.3, 0.4) is 0 Å². The van der Waals surface area contributed by atoms with E-state index >= 15 is 0 Å². The van der Waals surface area contributed by atoms with Crippen molar-refractivity contribution in [2.75, 3.05) is 7.11 Å². The molecule has 4 nitrogen and oxygen atoms in total. The molecule has 0 rings (SSSR count). The Morgan fingerprint density at radius 1 is 1.71 bits per heavy atom. The second-order valence-corrected chi connectivity index (χ2v) is 3.50. The summed E-state index contributed by atoms with van der Waals surface area (Å²) in [7, 11) is 0.972. The van der Waals surface area contributed by atoms with E-state index in [4.69, 9.17) is 8.19 Å². The molecule has 0 saturated heterocycles. The topological polar surface area (TPSA) is 66.8 Å². The summed E-state index contributed by atoms with van der Waals surface area (Å²) >= 11 is -4.66. The Hall–Kier alpha value is 1.24. The standard InChI is InChI=1S/CH5AsO4.Na.H/c1-6-2(3,4)5;;/h1H3,(H2,3,4,5);;/q;+1;-1. The molecule has 2 N–H and O–H groups in total. The van der Waals surface area contributed by atoms with E-state index in [0.29, 0.717) is 0 Å². The van der Waals surface area contributed by atoms with Crippen LogP contribution < -0.4 is 29.6 Å². The molecule has 0 aromatic carbocycles. The first kappa shape index (κ1) is 11.1. The van der Waals surface area contributed by atoms with Crippen molar-refractivity contribution in [3.63, 3.8) is 0 Å². The van der Waals surface area contributed by atoms with Crippen LogP contribution >= 0.6 is 0 Å². The van der Waals surface area contributed by atoms with Crippen molar-refractivity contribution in [3.05, 3.63) is 0 Å². The maximum atomic E-state index is 9.53. The van der Waals surface area contributed by atoms with Crippen LogP contribution in [0, 0.1) is 0 Å². The first-order chi connectivity index (χ1) is 2.56. The zero-order chi connectivity index (χ0) is 5.21. The zero-order valence-electron chi connectivity index (χ0n) is 5.16. The molecule has 7 heavy (non-hydrogen) atoms. The SMILES string of the molecule is CO[As](=O)(O)O.[H-].[Na+]. The second-order valence-electron chi connectivity index (χ2n) is 0.673. The van der Waals surface area contributed by atoms with Crippen LogP contribution in [0.4, 0.5) is 0 Å². The quantitative estimate of drug-likeness (QED) is 0.400. The molecule has 0 aliphatic carbocycles. The van der Waals surface area contributed by atoms with Crippen LogP contribution in [-0.2, 0) is 7.47 Å². The van der Waals surface area contributed by atoms with Crippen molar-refractivity contribution >= 4 is 14.5 Å². The van der Waals surface area contributed by atoms with Crippen molar-refractivity contribution < 1.29 is 46.6 Å². The minimum absolute atomic E-state index is 0. The van der Waals surface area contributed by atoms with Gasteiger partial charge in [-0.3, -0.25) is 0 Å². The molecule has 0 aromatic rings. The Labute approximate surface area is 68.0 Å². The monoisotopic (exact) mass is 180 g/mol. The molecule has 0 unspecified atom stereocenters. The average molecular weight is 180 g/mol. The predicted molar refractivity (Wildman–Crippen MR) is 19.0 cm³/mol. The van der Waals surface area contributed by atoms with Gasteiger partial charge in [0.2, 0.25) is 0 Å². The van der Waals surface area contributed by atoms with Gasteiger partial charge in [0.25, 0.3) is 0 Å². The molecular formula is CH6AsNaO4. The van der Waals surface area contributed by atoms with E-state index in [1.54, 1.807) is 0 Å². The zero-order valence-corrected chi connectivity index (χ0v) is 8.03. The van der Waals surface area contributed by atoms with Crippen LogP contribution in [0.1, 0.15) is 1.43 Å². The van der Waals surface area contributed by atoms with Crippen molar-refractivity contribution in [3.8, 4) is 0 Å². The van der Waals surface area contributed by atoms with Gasteiger partial charge in [0.15, 0.2) is 0 Å². The molecule has 0 aliphatic heterocycles. The molecule has 0 bridgehead atoms. The van der Waals surface area contributed by atoms with E-state index in [1.807, 2.05) is 0 Å². The summed E-state index contributed by atoms with van der Waals surface area (Å²) in [4.78, 5) is 0. The molecule has 0 radical (unpaired) electrons. The Morgan fingerprint density at radius 3 is 1.86 bits per heavy atom. The third-order valence-electron chi connectivity index (χ3n) is 0.238. The Kier molecular flexibility index (Phi) is 6.58. The molecule has 0 saturated carbocycles. The van der Waals surface area contributed by atoms with Crippen molar-refractivity contribution in [2.24, 2.45) is 0 Å². The number of hydrogen-bond acceptors (Lipinski definition) is 2. The normalized spacial score (nSPS) is 10.1. The van der Waals surface area contributed by atoms with Crippen LogP contribution in [-0.4, -0.2) is 29.8 Å². The summed E-state index contributed by atoms with van der Waals surface area (Å²) in [5, 5.41) is 0. The van der Waals surface area contributed by atoms with Gasteiger partial charge in [0, 0.05) is 0 Å². The van der Waals surface area contributed by atoms with Gasteiger partial charge < -0.3 is 1.43 Å². The van der Waals surface area contributed by atoms with Crippen LogP contribution in [0.2, 0.25) is 0 Å². The molecule has 6 heteroatoms. The Balaban J connectivity index is -0.000000125. The third-order valence-corrected chi connectivity index (χ3v) is 1.24. The molecular weight excluding hydrogens is 174 g/mol. The van der Waals surface area contributed by atoms with Crippen molar-refractivity contribution in [1.82, 2.24) is 0 Å². The van der Waals surface area contributed by atoms with Crippen molar-refractivity contribution in [1.29, 1.82) is 0 Å². The van der Waals surface area contributed by atoms with Gasteiger partial charge in [-0.25, -0.2) is 0 Å². The molecule has 0 spiro atoms. The summed E-state index contributed by atoms with van der Waals surface area (Å²) in [6.07, 6.45) is 0. The minimum atomic E-state index is -4.66. The van der Waals surface area contributed by atoms with Gasteiger partial charge in [-0.15, -0.1) is 0 Å². The second kappa shape index (κ2) is 4.15. The first-order valence-corrected chi connectivity index (χ1v) is 4.38. The van der Waals surface area contributed by atoms with Gasteiger partial charge >= 0.3 is 66.8 Å². The summed E-state index contributed by atoms with van der Waals surface area (Å²) in [6, 6.07) is 0. The first-order valence-electron chi connectivity index (χ1n) is 1.17. The van der Waals surface area contributed by atoms with Gasteiger partial charge in [0.1, 0.15) is 0 Å². The fraction of sp³-hybridized carbons (Fsp3) is 1.00. The van der Waals surface area contributed by atoms with E-state index < -0.39 is 14.5 Å². The Morgan fingerprint density at radius 2 is 1.86 bits per heavy atom. The Bertz CT molecular complexity index is 80.1. The maximum Gasteiger partial charge on any atom is 1.00 e. The van der Waals surface area contributed by atoms with E-state index in [9.17, 15) is 3.74 Å². The van der Waals surface area contributed by atoms with E-state index in [2.05, 4.69) is 3.73 Å². The third kappa shape index (κ3) is 11.1. The smallest absolute Gasteiger partial charge is 1.00 e. The molecule has 0 amide bonds. The number of hydrogen-bond donors (Lipinski definition) is 2. The maximum absolute atomic E-state index is 9.53. The van der Waals surface area contributed by atoms with Crippen LogP contribution in [0.15, 0.2) is 0 Å². The summed E-state index contributed by atoms with van der Waals surface area (Å²) in [5.74, 6) is 0. The summed E-state index contributed by atoms with van der Waals surface area (Å²) in [6.45, 7) is 0. The van der Waals surface area contributed by atoms with Gasteiger partial charge in [-0.1, -0.05) is 0 Å². The summed E-state index contributed by atoms with van der Waals surface area (Å²) < 4.78 is 28.8. The average Bonchev–Trinajstić information content (AvgIpc) is 1.35. The van der Waals surface area contributed by atoms with Gasteiger partial charge in [-0.05, 0) is 0 Å². The van der Waals surface area contributed by atoms with Gasteiger partial charge in [0.05, 0.1) is 0 Å². The molecule has 40 valence electrons. The van der Waals surface area contributed by atoms with Crippen LogP contribution in [0.5, 0.6) is 0 Å². The van der Waals surface area contributed by atoms with Crippen LogP contribution in [0.25, 0.3) is 0 Å². The molecule has 0 heterocycles. The minimum Gasteiger partial charge on any atom is -1.00 e. The number of rotatable bonds is 1. The molecule has 0 aliphatic rings. The van der Waals surface area contributed by atoms with E-state index in [-0.39, 0.29) is 31.0 Å². The van der Waals surface area contributed by atoms with E-state index in [1.165, 1.54) is 0 Å².